The molecule has 1 aliphatic carbocycles. The first-order chi connectivity index (χ1) is 21.9. The fourth-order valence-corrected chi connectivity index (χ4v) is 6.09. The number of para-hydroxylation sites is 2. The highest BCUT2D eigenvalue weighted by atomic mass is 16.5. The molecular weight excluding hydrogens is 574 g/mol. The average molecular weight is 616 g/mol. The van der Waals surface area contributed by atoms with Crippen molar-refractivity contribution in [3.8, 4) is 23.0 Å². The number of fused-ring (bicyclic) bond motifs is 1. The quantitative estimate of drug-likeness (QED) is 0.230. The molecule has 1 fully saturated rings. The predicted molar refractivity (Wildman–Crippen MR) is 170 cm³/mol. The number of hydrogen-bond donors (Lipinski definition) is 1. The first kappa shape index (κ1) is 31.6. The summed E-state index contributed by atoms with van der Waals surface area (Å²) in [6, 6.07) is 16.6. The first-order valence-corrected chi connectivity index (χ1v) is 15.2. The Balaban J connectivity index is 1.66. The Bertz CT molecular complexity index is 1610. The van der Waals surface area contributed by atoms with Gasteiger partial charge in [-0.2, -0.15) is 0 Å². The SMILES string of the molecule is COc1ccccc1CN(C(=O)C(C)n1nnc2ccccc21)C(C(=O)NC1CCCCC1)c1cc(OC)c(OC)c(OC)c1. The summed E-state index contributed by atoms with van der Waals surface area (Å²) in [5.41, 5.74) is 2.64. The normalized spacial score (nSPS) is 14.8. The minimum atomic E-state index is -1.06. The fourth-order valence-electron chi connectivity index (χ4n) is 6.09. The van der Waals surface area contributed by atoms with E-state index in [9.17, 15) is 9.59 Å². The van der Waals surface area contributed by atoms with Crippen LogP contribution in [0.1, 0.15) is 62.2 Å². The Labute approximate surface area is 263 Å². The molecule has 2 amide bonds. The lowest BCUT2D eigenvalue weighted by Gasteiger charge is -2.35. The molecule has 4 aromatic rings. The zero-order valence-electron chi connectivity index (χ0n) is 26.5. The maximum atomic E-state index is 14.8. The highest BCUT2D eigenvalue weighted by Crippen LogP contribution is 2.42. The largest absolute Gasteiger partial charge is 0.496 e. The van der Waals surface area contributed by atoms with Crippen LogP contribution < -0.4 is 24.3 Å². The number of aromatic nitrogens is 3. The smallest absolute Gasteiger partial charge is 0.248 e. The highest BCUT2D eigenvalue weighted by Gasteiger charge is 2.37. The van der Waals surface area contributed by atoms with E-state index in [0.717, 1.165) is 37.7 Å². The van der Waals surface area contributed by atoms with E-state index in [4.69, 9.17) is 18.9 Å². The van der Waals surface area contributed by atoms with Crippen LogP contribution in [-0.4, -0.2) is 66.2 Å². The fraction of sp³-hybridized carbons (Fsp3) is 0.412. The Kier molecular flexibility index (Phi) is 10.1. The second-order valence-electron chi connectivity index (χ2n) is 11.2. The van der Waals surface area contributed by atoms with Crippen LogP contribution in [0.25, 0.3) is 11.0 Å². The molecule has 0 aliphatic heterocycles. The number of benzene rings is 3. The zero-order chi connectivity index (χ0) is 31.9. The van der Waals surface area contributed by atoms with Gasteiger partial charge in [0.25, 0.3) is 0 Å². The Morgan fingerprint density at radius 1 is 0.889 bits per heavy atom. The lowest BCUT2D eigenvalue weighted by molar-refractivity contribution is -0.144. The molecule has 1 saturated carbocycles. The third kappa shape index (κ3) is 6.67. The van der Waals surface area contributed by atoms with Gasteiger partial charge in [-0.1, -0.05) is 54.8 Å². The van der Waals surface area contributed by atoms with Crippen LogP contribution in [0, 0.1) is 0 Å². The van der Waals surface area contributed by atoms with E-state index in [-0.39, 0.29) is 24.4 Å². The number of carbonyl (C=O) groups excluding carboxylic acids is 2. The second kappa shape index (κ2) is 14.3. The molecule has 3 aromatic carbocycles. The lowest BCUT2D eigenvalue weighted by Crippen LogP contribution is -2.48. The third-order valence-electron chi connectivity index (χ3n) is 8.43. The van der Waals surface area contributed by atoms with Crippen molar-refractivity contribution in [2.24, 2.45) is 0 Å². The van der Waals surface area contributed by atoms with Gasteiger partial charge in [-0.25, -0.2) is 4.68 Å². The van der Waals surface area contributed by atoms with Crippen LogP contribution in [0.3, 0.4) is 0 Å². The van der Waals surface area contributed by atoms with E-state index in [0.29, 0.717) is 39.6 Å². The van der Waals surface area contributed by atoms with Gasteiger partial charge in [-0.3, -0.25) is 9.59 Å². The molecule has 1 heterocycles. The summed E-state index contributed by atoms with van der Waals surface area (Å²) in [5, 5.41) is 11.9. The Morgan fingerprint density at radius 3 is 2.20 bits per heavy atom. The van der Waals surface area contributed by atoms with Crippen LogP contribution >= 0.6 is 0 Å². The van der Waals surface area contributed by atoms with E-state index < -0.39 is 12.1 Å². The Morgan fingerprint density at radius 2 is 1.53 bits per heavy atom. The van der Waals surface area contributed by atoms with Crippen molar-refractivity contribution in [3.63, 3.8) is 0 Å². The molecule has 0 spiro atoms. The van der Waals surface area contributed by atoms with Crippen molar-refractivity contribution in [1.29, 1.82) is 0 Å². The number of nitrogens with one attached hydrogen (secondary N) is 1. The summed E-state index contributed by atoms with van der Waals surface area (Å²) in [6.45, 7) is 1.85. The number of nitrogens with zero attached hydrogens (tertiary/aromatic N) is 4. The molecule has 5 rings (SSSR count). The number of rotatable bonds is 12. The van der Waals surface area contributed by atoms with Crippen molar-refractivity contribution >= 4 is 22.8 Å². The van der Waals surface area contributed by atoms with Crippen LogP contribution in [0.5, 0.6) is 23.0 Å². The Hall–Kier alpha value is -4.80. The van der Waals surface area contributed by atoms with Gasteiger partial charge in [0.1, 0.15) is 23.3 Å². The van der Waals surface area contributed by atoms with Crippen molar-refractivity contribution in [3.05, 3.63) is 71.8 Å². The van der Waals surface area contributed by atoms with Crippen molar-refractivity contribution in [1.82, 2.24) is 25.2 Å². The van der Waals surface area contributed by atoms with Gasteiger partial charge >= 0.3 is 0 Å². The first-order valence-electron chi connectivity index (χ1n) is 15.2. The van der Waals surface area contributed by atoms with Gasteiger partial charge in [0.2, 0.25) is 17.6 Å². The minimum absolute atomic E-state index is 0.00989. The number of hydrogen-bond acceptors (Lipinski definition) is 8. The highest BCUT2D eigenvalue weighted by molar-refractivity contribution is 5.91. The molecule has 45 heavy (non-hydrogen) atoms. The molecule has 0 radical (unpaired) electrons. The maximum Gasteiger partial charge on any atom is 0.248 e. The lowest BCUT2D eigenvalue weighted by atomic mass is 9.94. The molecule has 11 heteroatoms. The van der Waals surface area contributed by atoms with Crippen LogP contribution in [-0.2, 0) is 16.1 Å². The maximum absolute atomic E-state index is 14.8. The number of methoxy groups -OCH3 is 4. The van der Waals surface area contributed by atoms with Gasteiger partial charge in [0.05, 0.1) is 40.5 Å². The summed E-state index contributed by atoms with van der Waals surface area (Å²) < 4.78 is 24.2. The van der Waals surface area contributed by atoms with Crippen molar-refractivity contribution in [2.75, 3.05) is 28.4 Å². The standard InChI is InChI=1S/C34H41N5O6/c1-22(39-27-17-11-10-16-26(27)36-37-39)34(41)38(21-23-13-9-12-18-28(23)42-2)31(33(40)35-25-14-7-6-8-15-25)24-19-29(43-3)32(45-5)30(20-24)44-4/h9-13,16-20,22,25,31H,6-8,14-15,21H2,1-5H3,(H,35,40). The third-order valence-corrected chi connectivity index (χ3v) is 8.43. The second-order valence-corrected chi connectivity index (χ2v) is 11.2. The molecule has 1 aliphatic rings. The number of ether oxygens (including phenoxy) is 4. The molecule has 2 atom stereocenters. The minimum Gasteiger partial charge on any atom is -0.496 e. The molecule has 1 N–H and O–H groups in total. The van der Waals surface area contributed by atoms with Crippen LogP contribution in [0.15, 0.2) is 60.7 Å². The molecule has 238 valence electrons. The van der Waals surface area contributed by atoms with Crippen molar-refractivity contribution in [2.45, 2.75) is 63.7 Å². The number of carbonyl (C=O) groups is 2. The summed E-state index contributed by atoms with van der Waals surface area (Å²) in [7, 11) is 6.15. The average Bonchev–Trinajstić information content (AvgIpc) is 3.51. The summed E-state index contributed by atoms with van der Waals surface area (Å²) in [5.74, 6) is 1.12. The molecule has 2 unspecified atom stereocenters. The summed E-state index contributed by atoms with van der Waals surface area (Å²) >= 11 is 0. The molecule has 0 saturated heterocycles. The topological polar surface area (TPSA) is 117 Å². The van der Waals surface area contributed by atoms with Gasteiger partial charge < -0.3 is 29.2 Å². The van der Waals surface area contributed by atoms with Gasteiger partial charge in [0, 0.05) is 11.6 Å². The molecular formula is C34H41N5O6. The van der Waals surface area contributed by atoms with E-state index in [1.807, 2.05) is 48.5 Å². The summed E-state index contributed by atoms with van der Waals surface area (Å²) in [4.78, 5) is 30.8. The van der Waals surface area contributed by atoms with Gasteiger partial charge in [0.15, 0.2) is 11.5 Å². The molecule has 1 aromatic heterocycles. The zero-order valence-corrected chi connectivity index (χ0v) is 26.5. The van der Waals surface area contributed by atoms with Crippen LogP contribution in [0.2, 0.25) is 0 Å². The van der Waals surface area contributed by atoms with E-state index in [1.165, 1.54) is 21.3 Å². The van der Waals surface area contributed by atoms with E-state index in [1.54, 1.807) is 35.7 Å². The van der Waals surface area contributed by atoms with Gasteiger partial charge in [-0.05, 0) is 55.7 Å². The van der Waals surface area contributed by atoms with Crippen LogP contribution in [0.4, 0.5) is 0 Å². The van der Waals surface area contributed by atoms with Gasteiger partial charge in [-0.15, -0.1) is 5.10 Å². The number of amides is 2. The van der Waals surface area contributed by atoms with Crippen molar-refractivity contribution < 1.29 is 28.5 Å². The van der Waals surface area contributed by atoms with E-state index in [2.05, 4.69) is 15.6 Å². The monoisotopic (exact) mass is 615 g/mol. The molecule has 11 nitrogen and oxygen atoms in total. The molecule has 0 bridgehead atoms. The summed E-state index contributed by atoms with van der Waals surface area (Å²) in [6.07, 6.45) is 5.00. The predicted octanol–water partition coefficient (Wildman–Crippen LogP) is 5.25. The van der Waals surface area contributed by atoms with E-state index >= 15 is 0 Å².